The fourth-order valence-electron chi connectivity index (χ4n) is 6.00. The first-order valence-electron chi connectivity index (χ1n) is 22.6. The van der Waals surface area contributed by atoms with Crippen LogP contribution in [0.5, 0.6) is 0 Å². The summed E-state index contributed by atoms with van der Waals surface area (Å²) >= 11 is 0. The first-order chi connectivity index (χ1) is 27.7. The van der Waals surface area contributed by atoms with Crippen molar-refractivity contribution in [2.24, 2.45) is 0 Å². The SMILES string of the molecule is CC/C=C/C/C=C/C/C=C/CCCCCCCC(=O)OC[C@H](COP(=O)(O)OC[C@@H](O)CO)OC(=O)CCCCCCCCCCC/C=C/CCCCCCCC. The number of allylic oxidation sites excluding steroid dienone is 8. The highest BCUT2D eigenvalue weighted by molar-refractivity contribution is 7.47. The Morgan fingerprint density at radius 2 is 0.965 bits per heavy atom. The summed E-state index contributed by atoms with van der Waals surface area (Å²) in [6.45, 7) is 2.25. The molecule has 0 heterocycles. The Morgan fingerprint density at radius 1 is 0.544 bits per heavy atom. The molecular weight excluding hydrogens is 743 g/mol. The number of aliphatic hydroxyl groups is 2. The molecule has 0 saturated carbocycles. The second-order valence-electron chi connectivity index (χ2n) is 15.0. The summed E-state index contributed by atoms with van der Waals surface area (Å²) in [5.41, 5.74) is 0. The van der Waals surface area contributed by atoms with Crippen LogP contribution in [0.3, 0.4) is 0 Å². The lowest BCUT2D eigenvalue weighted by Crippen LogP contribution is -2.29. The van der Waals surface area contributed by atoms with Crippen LogP contribution in [-0.4, -0.2) is 65.7 Å². The van der Waals surface area contributed by atoms with E-state index < -0.39 is 51.8 Å². The smallest absolute Gasteiger partial charge is 0.462 e. The molecule has 0 saturated heterocycles. The maximum atomic E-state index is 12.6. The number of carbonyl (C=O) groups is 2. The van der Waals surface area contributed by atoms with Gasteiger partial charge in [0.2, 0.25) is 0 Å². The number of carbonyl (C=O) groups excluding carboxylic acids is 2. The molecule has 0 aromatic heterocycles. The van der Waals surface area contributed by atoms with E-state index in [0.717, 1.165) is 70.6 Å². The second-order valence-corrected chi connectivity index (χ2v) is 16.5. The molecule has 10 nitrogen and oxygen atoms in total. The van der Waals surface area contributed by atoms with Gasteiger partial charge in [-0.15, -0.1) is 0 Å². The molecule has 0 amide bonds. The molecular formula is C46H83O10P. The highest BCUT2D eigenvalue weighted by atomic mass is 31.2. The molecule has 0 aromatic carbocycles. The maximum Gasteiger partial charge on any atom is 0.472 e. The first kappa shape index (κ1) is 54.9. The number of ether oxygens (including phenoxy) is 2. The Kier molecular flexibility index (Phi) is 40.5. The second kappa shape index (κ2) is 42.1. The first-order valence-corrected chi connectivity index (χ1v) is 24.1. The fourth-order valence-corrected chi connectivity index (χ4v) is 6.79. The normalized spacial score (nSPS) is 14.3. The zero-order chi connectivity index (χ0) is 41.9. The van der Waals surface area contributed by atoms with Crippen molar-refractivity contribution in [2.45, 2.75) is 206 Å². The average molecular weight is 827 g/mol. The number of esters is 2. The number of rotatable bonds is 42. The van der Waals surface area contributed by atoms with Gasteiger partial charge < -0.3 is 24.6 Å². The molecule has 1 unspecified atom stereocenters. The summed E-state index contributed by atoms with van der Waals surface area (Å²) in [6, 6.07) is 0. The summed E-state index contributed by atoms with van der Waals surface area (Å²) < 4.78 is 32.7. The third kappa shape index (κ3) is 41.9. The van der Waals surface area contributed by atoms with Crippen LogP contribution in [0, 0.1) is 0 Å². The van der Waals surface area contributed by atoms with Crippen molar-refractivity contribution in [1.82, 2.24) is 0 Å². The Labute approximate surface area is 347 Å². The molecule has 3 N–H and O–H groups in total. The molecule has 0 rings (SSSR count). The van der Waals surface area contributed by atoms with Gasteiger partial charge in [0.15, 0.2) is 6.10 Å². The zero-order valence-electron chi connectivity index (χ0n) is 36.0. The quantitative estimate of drug-likeness (QED) is 0.0235. The van der Waals surface area contributed by atoms with Crippen molar-refractivity contribution in [3.05, 3.63) is 48.6 Å². The van der Waals surface area contributed by atoms with E-state index in [1.807, 2.05) is 0 Å². The van der Waals surface area contributed by atoms with Crippen molar-refractivity contribution in [3.8, 4) is 0 Å². The van der Waals surface area contributed by atoms with Crippen LogP contribution in [0.2, 0.25) is 0 Å². The van der Waals surface area contributed by atoms with Gasteiger partial charge in [0.1, 0.15) is 12.7 Å². The number of phosphoric acid groups is 1. The molecule has 0 radical (unpaired) electrons. The van der Waals surface area contributed by atoms with E-state index in [9.17, 15) is 24.2 Å². The Balaban J connectivity index is 4.28. The van der Waals surface area contributed by atoms with Crippen LogP contribution < -0.4 is 0 Å². The van der Waals surface area contributed by atoms with Gasteiger partial charge in [-0.2, -0.15) is 0 Å². The Morgan fingerprint density at radius 3 is 1.47 bits per heavy atom. The van der Waals surface area contributed by atoms with Gasteiger partial charge in [0.05, 0.1) is 19.8 Å². The largest absolute Gasteiger partial charge is 0.472 e. The minimum absolute atomic E-state index is 0.177. The number of phosphoric ester groups is 1. The predicted molar refractivity (Wildman–Crippen MR) is 233 cm³/mol. The van der Waals surface area contributed by atoms with Crippen molar-refractivity contribution in [1.29, 1.82) is 0 Å². The van der Waals surface area contributed by atoms with Crippen molar-refractivity contribution in [2.75, 3.05) is 26.4 Å². The molecule has 3 atom stereocenters. The third-order valence-electron chi connectivity index (χ3n) is 9.47. The van der Waals surface area contributed by atoms with Crippen LogP contribution in [0.15, 0.2) is 48.6 Å². The lowest BCUT2D eigenvalue weighted by molar-refractivity contribution is -0.161. The molecule has 57 heavy (non-hydrogen) atoms. The number of hydrogen-bond donors (Lipinski definition) is 3. The maximum absolute atomic E-state index is 12.6. The zero-order valence-corrected chi connectivity index (χ0v) is 36.9. The van der Waals surface area contributed by atoms with Crippen LogP contribution in [-0.2, 0) is 32.7 Å². The number of hydrogen-bond acceptors (Lipinski definition) is 9. The van der Waals surface area contributed by atoms with E-state index in [0.29, 0.717) is 12.8 Å². The van der Waals surface area contributed by atoms with Gasteiger partial charge >= 0.3 is 19.8 Å². The van der Waals surface area contributed by atoms with E-state index in [1.165, 1.54) is 83.5 Å². The average Bonchev–Trinajstić information content (AvgIpc) is 3.20. The summed E-state index contributed by atoms with van der Waals surface area (Å²) in [4.78, 5) is 35.0. The van der Waals surface area contributed by atoms with E-state index in [4.69, 9.17) is 23.6 Å². The highest BCUT2D eigenvalue weighted by Crippen LogP contribution is 2.43. The summed E-state index contributed by atoms with van der Waals surface area (Å²) in [5, 5.41) is 18.3. The van der Waals surface area contributed by atoms with Gasteiger partial charge in [-0.3, -0.25) is 18.6 Å². The standard InChI is InChI=1S/C46H83O10P/c1-3-5-7-9-11-13-15-17-19-20-21-22-24-26-28-30-32-34-36-38-46(50)56-44(42-55-57(51,52)54-40-43(48)39-47)41-53-45(49)37-35-33-31-29-27-25-23-18-16-14-12-10-8-6-4-2/h6,8,12,14,17-19,23,43-44,47-48H,3-5,7,9-11,13,15-16,20-22,24-42H2,1-2H3,(H,51,52)/b8-6+,14-12+,19-17+,23-18+/t43-,44+/m0/s1. The van der Waals surface area contributed by atoms with Gasteiger partial charge in [0.25, 0.3) is 0 Å². The molecule has 332 valence electrons. The van der Waals surface area contributed by atoms with Gasteiger partial charge in [0, 0.05) is 12.8 Å². The van der Waals surface area contributed by atoms with E-state index >= 15 is 0 Å². The van der Waals surface area contributed by atoms with Crippen LogP contribution >= 0.6 is 7.82 Å². The van der Waals surface area contributed by atoms with E-state index in [1.54, 1.807) is 0 Å². The summed E-state index contributed by atoms with van der Waals surface area (Å²) in [7, 11) is -4.62. The molecule has 0 bridgehead atoms. The molecule has 0 aliphatic heterocycles. The van der Waals surface area contributed by atoms with Crippen LogP contribution in [0.4, 0.5) is 0 Å². The van der Waals surface area contributed by atoms with Crippen molar-refractivity contribution >= 4 is 19.8 Å². The molecule has 0 aromatic rings. The van der Waals surface area contributed by atoms with E-state index in [2.05, 4.69) is 62.5 Å². The lowest BCUT2D eigenvalue weighted by atomic mass is 10.1. The summed E-state index contributed by atoms with van der Waals surface area (Å²) in [5.74, 6) is -0.946. The van der Waals surface area contributed by atoms with Crippen LogP contribution in [0.1, 0.15) is 194 Å². The molecule has 0 aliphatic rings. The van der Waals surface area contributed by atoms with Crippen molar-refractivity contribution in [3.63, 3.8) is 0 Å². The fraction of sp³-hybridized carbons (Fsp3) is 0.783. The monoisotopic (exact) mass is 827 g/mol. The Hall–Kier alpha value is -2.07. The number of aliphatic hydroxyl groups excluding tert-OH is 2. The molecule has 0 aliphatic carbocycles. The minimum atomic E-state index is -4.62. The van der Waals surface area contributed by atoms with Crippen LogP contribution in [0.25, 0.3) is 0 Å². The molecule has 0 spiro atoms. The van der Waals surface area contributed by atoms with Gasteiger partial charge in [-0.25, -0.2) is 4.57 Å². The van der Waals surface area contributed by atoms with E-state index in [-0.39, 0.29) is 19.4 Å². The molecule has 0 fully saturated rings. The van der Waals surface area contributed by atoms with Gasteiger partial charge in [-0.1, -0.05) is 159 Å². The summed E-state index contributed by atoms with van der Waals surface area (Å²) in [6.07, 6.45) is 45.0. The Bertz CT molecular complexity index is 1090. The molecule has 11 heteroatoms. The topological polar surface area (TPSA) is 149 Å². The van der Waals surface area contributed by atoms with Crippen molar-refractivity contribution < 1.29 is 47.8 Å². The van der Waals surface area contributed by atoms with Gasteiger partial charge in [-0.05, 0) is 70.6 Å². The highest BCUT2D eigenvalue weighted by Gasteiger charge is 2.27. The predicted octanol–water partition coefficient (Wildman–Crippen LogP) is 12.1. The minimum Gasteiger partial charge on any atom is -0.462 e. The lowest BCUT2D eigenvalue weighted by Gasteiger charge is -2.20. The number of unbranched alkanes of at least 4 members (excludes halogenated alkanes) is 20. The third-order valence-corrected chi connectivity index (χ3v) is 10.4.